The molecule has 0 amide bonds. The van der Waals surface area contributed by atoms with E-state index in [1.165, 1.54) is 0 Å². The molecule has 0 aromatic rings. The molecule has 0 bridgehead atoms. The van der Waals surface area contributed by atoms with Gasteiger partial charge in [-0.1, -0.05) is 0 Å². The van der Waals surface area contributed by atoms with Gasteiger partial charge >= 0.3 is 11.9 Å². The number of carbonyl (C=O) groups is 2. The number of carbonyl (C=O) groups excluding carboxylic acids is 2. The smallest absolute Gasteiger partial charge is 0.318 e. The van der Waals surface area contributed by atoms with E-state index in [0.717, 1.165) is 0 Å². The number of esters is 2. The van der Waals surface area contributed by atoms with Gasteiger partial charge in [-0.25, -0.2) is 0 Å². The van der Waals surface area contributed by atoms with Gasteiger partial charge in [-0.05, 0) is 0 Å². The van der Waals surface area contributed by atoms with Gasteiger partial charge in [-0.2, -0.15) is 0 Å². The summed E-state index contributed by atoms with van der Waals surface area (Å²) < 4.78 is 4.25. The molecular weight excluding hydrogens is 132 g/mol. The maximum absolute atomic E-state index is 10.6. The second-order valence-corrected chi connectivity index (χ2v) is 2.10. The molecule has 0 saturated carbocycles. The van der Waals surface area contributed by atoms with Crippen molar-refractivity contribution < 1.29 is 14.3 Å². The molecule has 0 unspecified atom stereocenters. The molecular formula is C7H6O3. The first-order chi connectivity index (χ1) is 4.74. The highest BCUT2D eigenvalue weighted by Crippen LogP contribution is 2.18. The van der Waals surface area contributed by atoms with E-state index in [0.29, 0.717) is 6.42 Å². The molecule has 1 fully saturated rings. The van der Waals surface area contributed by atoms with E-state index in [9.17, 15) is 9.59 Å². The number of rotatable bonds is 1. The lowest BCUT2D eigenvalue weighted by Crippen LogP contribution is -2.05. The quantitative estimate of drug-likeness (QED) is 0.293. The molecule has 1 rings (SSSR count). The highest BCUT2D eigenvalue weighted by Gasteiger charge is 2.32. The molecule has 52 valence electrons. The van der Waals surface area contributed by atoms with Crippen molar-refractivity contribution in [3.05, 3.63) is 0 Å². The first-order valence-electron chi connectivity index (χ1n) is 2.92. The van der Waals surface area contributed by atoms with Crippen molar-refractivity contribution in [2.45, 2.75) is 12.8 Å². The van der Waals surface area contributed by atoms with Gasteiger partial charge in [0.1, 0.15) is 0 Å². The van der Waals surface area contributed by atoms with Crippen LogP contribution >= 0.6 is 0 Å². The minimum atomic E-state index is -0.483. The van der Waals surface area contributed by atoms with Crippen LogP contribution in [0.1, 0.15) is 12.8 Å². The van der Waals surface area contributed by atoms with Crippen molar-refractivity contribution in [3.63, 3.8) is 0 Å². The zero-order valence-electron chi connectivity index (χ0n) is 5.29. The molecule has 3 nitrogen and oxygen atoms in total. The Morgan fingerprint density at radius 1 is 1.70 bits per heavy atom. The SMILES string of the molecule is C#CC[C@H]1CC(=O)OC1=O. The fraction of sp³-hybridized carbons (Fsp3) is 0.429. The topological polar surface area (TPSA) is 43.4 Å². The lowest BCUT2D eigenvalue weighted by atomic mass is 10.1. The van der Waals surface area contributed by atoms with E-state index in [-0.39, 0.29) is 6.42 Å². The average Bonchev–Trinajstić information content (AvgIpc) is 2.13. The monoisotopic (exact) mass is 138 g/mol. The third kappa shape index (κ3) is 1.16. The van der Waals surface area contributed by atoms with Crippen LogP contribution in [0.5, 0.6) is 0 Å². The van der Waals surface area contributed by atoms with Gasteiger partial charge in [0.05, 0.1) is 12.3 Å². The van der Waals surface area contributed by atoms with E-state index in [1.807, 2.05) is 0 Å². The Morgan fingerprint density at radius 3 is 2.80 bits per heavy atom. The van der Waals surface area contributed by atoms with Crippen LogP contribution in [-0.2, 0) is 14.3 Å². The fourth-order valence-electron chi connectivity index (χ4n) is 0.819. The lowest BCUT2D eigenvalue weighted by molar-refractivity contribution is -0.153. The third-order valence-electron chi connectivity index (χ3n) is 1.33. The molecule has 1 heterocycles. The van der Waals surface area contributed by atoms with Crippen molar-refractivity contribution >= 4 is 11.9 Å². The molecule has 0 radical (unpaired) electrons. The minimum Gasteiger partial charge on any atom is -0.393 e. The summed E-state index contributed by atoms with van der Waals surface area (Å²) in [5, 5.41) is 0. The van der Waals surface area contributed by atoms with Crippen molar-refractivity contribution in [1.82, 2.24) is 0 Å². The van der Waals surface area contributed by atoms with Gasteiger partial charge < -0.3 is 4.74 Å². The Hall–Kier alpha value is -1.30. The van der Waals surface area contributed by atoms with Crippen LogP contribution in [-0.4, -0.2) is 11.9 Å². The van der Waals surface area contributed by atoms with Crippen LogP contribution in [0.2, 0.25) is 0 Å². The summed E-state index contributed by atoms with van der Waals surface area (Å²) in [5.41, 5.74) is 0. The van der Waals surface area contributed by atoms with Crippen molar-refractivity contribution in [2.24, 2.45) is 5.92 Å². The summed E-state index contributed by atoms with van der Waals surface area (Å²) in [6.07, 6.45) is 5.39. The fourth-order valence-corrected chi connectivity index (χ4v) is 0.819. The van der Waals surface area contributed by atoms with Gasteiger partial charge in [0.25, 0.3) is 0 Å². The number of terminal acetylenes is 1. The first-order valence-corrected chi connectivity index (χ1v) is 2.92. The minimum absolute atomic E-state index is 0.142. The molecule has 10 heavy (non-hydrogen) atoms. The Bertz CT molecular complexity index is 211. The van der Waals surface area contributed by atoms with Gasteiger partial charge in [0.15, 0.2) is 0 Å². The van der Waals surface area contributed by atoms with Gasteiger partial charge in [0, 0.05) is 6.42 Å². The molecule has 0 aromatic heterocycles. The largest absolute Gasteiger partial charge is 0.393 e. The highest BCUT2D eigenvalue weighted by atomic mass is 16.6. The van der Waals surface area contributed by atoms with E-state index in [4.69, 9.17) is 6.42 Å². The predicted octanol–water partition coefficient (Wildman–Crippen LogP) is 0.0994. The normalized spacial score (nSPS) is 24.1. The first kappa shape index (κ1) is 6.81. The molecule has 1 atom stereocenters. The molecule has 0 aliphatic carbocycles. The molecule has 1 saturated heterocycles. The lowest BCUT2D eigenvalue weighted by Gasteiger charge is -1.93. The predicted molar refractivity (Wildman–Crippen MR) is 32.7 cm³/mol. The Balaban J connectivity index is 2.56. The van der Waals surface area contributed by atoms with Crippen LogP contribution in [0.4, 0.5) is 0 Å². The summed E-state index contributed by atoms with van der Waals surface area (Å²) in [7, 11) is 0. The summed E-state index contributed by atoms with van der Waals surface area (Å²) in [5.74, 6) is 0.966. The van der Waals surface area contributed by atoms with E-state index in [1.54, 1.807) is 0 Å². The number of cyclic esters (lactones) is 2. The van der Waals surface area contributed by atoms with E-state index >= 15 is 0 Å². The van der Waals surface area contributed by atoms with Crippen LogP contribution in [0.15, 0.2) is 0 Å². The highest BCUT2D eigenvalue weighted by molar-refractivity contribution is 5.94. The molecule has 0 spiro atoms. The van der Waals surface area contributed by atoms with E-state index < -0.39 is 17.9 Å². The standard InChI is InChI=1S/C7H6O3/c1-2-3-5-4-6(8)10-7(5)9/h1,5H,3-4H2/t5-/m0/s1. The van der Waals surface area contributed by atoms with Crippen LogP contribution in [0, 0.1) is 18.3 Å². The average molecular weight is 138 g/mol. The molecule has 0 aromatic carbocycles. The Kier molecular flexibility index (Phi) is 1.72. The zero-order chi connectivity index (χ0) is 7.56. The maximum Gasteiger partial charge on any atom is 0.318 e. The zero-order valence-corrected chi connectivity index (χ0v) is 5.29. The van der Waals surface area contributed by atoms with E-state index in [2.05, 4.69) is 10.7 Å². The second-order valence-electron chi connectivity index (χ2n) is 2.10. The summed E-state index contributed by atoms with van der Waals surface area (Å²) in [4.78, 5) is 21.1. The van der Waals surface area contributed by atoms with Crippen LogP contribution in [0.25, 0.3) is 0 Å². The summed E-state index contributed by atoms with van der Waals surface area (Å²) >= 11 is 0. The molecule has 3 heteroatoms. The summed E-state index contributed by atoms with van der Waals surface area (Å²) in [6.45, 7) is 0. The molecule has 0 N–H and O–H groups in total. The van der Waals surface area contributed by atoms with Crippen molar-refractivity contribution in [3.8, 4) is 12.3 Å². The third-order valence-corrected chi connectivity index (χ3v) is 1.33. The van der Waals surface area contributed by atoms with Gasteiger partial charge in [0.2, 0.25) is 0 Å². The van der Waals surface area contributed by atoms with Gasteiger partial charge in [-0.3, -0.25) is 9.59 Å². The maximum atomic E-state index is 10.6. The second kappa shape index (κ2) is 2.53. The van der Waals surface area contributed by atoms with Crippen molar-refractivity contribution in [2.75, 3.05) is 0 Å². The van der Waals surface area contributed by atoms with Crippen LogP contribution < -0.4 is 0 Å². The van der Waals surface area contributed by atoms with Gasteiger partial charge in [-0.15, -0.1) is 12.3 Å². The summed E-state index contributed by atoms with van der Waals surface area (Å²) in [6, 6.07) is 0. The Labute approximate surface area is 58.4 Å². The molecule has 1 aliphatic rings. The van der Waals surface area contributed by atoms with Crippen LogP contribution in [0.3, 0.4) is 0 Å². The number of hydrogen-bond donors (Lipinski definition) is 0. The molecule has 1 aliphatic heterocycles. The number of hydrogen-bond acceptors (Lipinski definition) is 3. The Morgan fingerprint density at radius 2 is 2.40 bits per heavy atom. The van der Waals surface area contributed by atoms with Crippen molar-refractivity contribution in [1.29, 1.82) is 0 Å². The number of ether oxygens (including phenoxy) is 1.